The highest BCUT2D eigenvalue weighted by Gasteiger charge is 2.19. The Morgan fingerprint density at radius 2 is 1.67 bits per heavy atom. The van der Waals surface area contributed by atoms with Crippen LogP contribution in [0.2, 0.25) is 5.02 Å². The topological polar surface area (TPSA) is 46.9 Å². The summed E-state index contributed by atoms with van der Waals surface area (Å²) in [7, 11) is 0. The third-order valence-corrected chi connectivity index (χ3v) is 4.76. The summed E-state index contributed by atoms with van der Waals surface area (Å²) < 4.78 is 54.6. The van der Waals surface area contributed by atoms with E-state index < -0.39 is 24.1 Å². The molecule has 4 nitrogen and oxygen atoms in total. The van der Waals surface area contributed by atoms with Crippen molar-refractivity contribution in [1.82, 2.24) is 9.55 Å². The zero-order valence-electron chi connectivity index (χ0n) is 15.0. The number of benzene rings is 3. The maximum atomic E-state index is 13.6. The molecule has 4 rings (SSSR count). The van der Waals surface area contributed by atoms with Crippen molar-refractivity contribution in [3.63, 3.8) is 0 Å². The summed E-state index contributed by atoms with van der Waals surface area (Å²) in [4.78, 5) is 16.6. The Morgan fingerprint density at radius 3 is 2.37 bits per heavy atom. The van der Waals surface area contributed by atoms with Crippen molar-refractivity contribution >= 4 is 34.2 Å². The molecule has 9 heteroatoms. The van der Waals surface area contributed by atoms with Crippen molar-refractivity contribution in [1.29, 1.82) is 0 Å². The van der Waals surface area contributed by atoms with Gasteiger partial charge < -0.3 is 5.32 Å². The third-order valence-electron chi connectivity index (χ3n) is 4.45. The Labute approximate surface area is 172 Å². The third kappa shape index (κ3) is 3.61. The van der Waals surface area contributed by atoms with Crippen molar-refractivity contribution in [3.8, 4) is 11.4 Å². The second-order valence-corrected chi connectivity index (χ2v) is 6.76. The first kappa shape index (κ1) is 19.9. The Balaban J connectivity index is 1.63. The number of rotatable bonds is 4. The molecule has 3 aromatic carbocycles. The van der Waals surface area contributed by atoms with Gasteiger partial charge in [-0.05, 0) is 48.5 Å². The zero-order valence-corrected chi connectivity index (χ0v) is 15.8. The summed E-state index contributed by atoms with van der Waals surface area (Å²) in [6.45, 7) is -2.79. The van der Waals surface area contributed by atoms with Gasteiger partial charge in [0.15, 0.2) is 11.6 Å². The second kappa shape index (κ2) is 7.79. The number of carbonyl (C=O) groups is 1. The maximum Gasteiger partial charge on any atom is 0.320 e. The van der Waals surface area contributed by atoms with Gasteiger partial charge in [-0.25, -0.2) is 13.8 Å². The highest BCUT2D eigenvalue weighted by Crippen LogP contribution is 2.30. The van der Waals surface area contributed by atoms with Gasteiger partial charge >= 0.3 is 6.55 Å². The molecule has 0 bridgehead atoms. The molecule has 0 saturated heterocycles. The van der Waals surface area contributed by atoms with Crippen molar-refractivity contribution < 1.29 is 22.4 Å². The molecule has 152 valence electrons. The van der Waals surface area contributed by atoms with Crippen LogP contribution in [-0.4, -0.2) is 15.5 Å². The van der Waals surface area contributed by atoms with Crippen LogP contribution in [0.3, 0.4) is 0 Å². The molecule has 30 heavy (non-hydrogen) atoms. The van der Waals surface area contributed by atoms with E-state index in [1.165, 1.54) is 24.3 Å². The summed E-state index contributed by atoms with van der Waals surface area (Å²) in [6, 6.07) is 14.0. The Bertz CT molecular complexity index is 1260. The van der Waals surface area contributed by atoms with E-state index in [1.54, 1.807) is 24.3 Å². The van der Waals surface area contributed by atoms with Gasteiger partial charge in [0.25, 0.3) is 5.91 Å². The summed E-state index contributed by atoms with van der Waals surface area (Å²) >= 11 is 5.80. The number of fused-ring (bicyclic) bond motifs is 1. The Hall–Kier alpha value is -3.39. The lowest BCUT2D eigenvalue weighted by molar-refractivity contribution is 0.0764. The summed E-state index contributed by atoms with van der Waals surface area (Å²) in [5.41, 5.74) is 1.21. The van der Waals surface area contributed by atoms with Crippen LogP contribution >= 0.6 is 11.6 Å². The number of para-hydroxylation sites is 2. The number of hydrogen-bond acceptors (Lipinski definition) is 2. The summed E-state index contributed by atoms with van der Waals surface area (Å²) in [5, 5.41) is 2.26. The number of nitrogens with one attached hydrogen (secondary N) is 1. The number of halogens is 5. The van der Waals surface area contributed by atoms with Crippen LogP contribution in [0, 0.1) is 11.6 Å². The summed E-state index contributed by atoms with van der Waals surface area (Å²) in [5.74, 6) is -3.03. The minimum absolute atomic E-state index is 0.0766. The van der Waals surface area contributed by atoms with Gasteiger partial charge in [-0.1, -0.05) is 23.7 Å². The average molecular weight is 434 g/mol. The predicted molar refractivity (Wildman–Crippen MR) is 106 cm³/mol. The van der Waals surface area contributed by atoms with Gasteiger partial charge in [0.05, 0.1) is 21.6 Å². The molecule has 0 saturated carbocycles. The van der Waals surface area contributed by atoms with E-state index >= 15 is 0 Å². The first-order chi connectivity index (χ1) is 14.3. The molecule has 1 heterocycles. The molecule has 0 fully saturated rings. The largest absolute Gasteiger partial charge is 0.322 e. The number of aromatic nitrogens is 2. The second-order valence-electron chi connectivity index (χ2n) is 6.35. The summed E-state index contributed by atoms with van der Waals surface area (Å²) in [6.07, 6.45) is 0. The normalized spacial score (nSPS) is 11.3. The minimum atomic E-state index is -2.79. The van der Waals surface area contributed by atoms with E-state index in [0.29, 0.717) is 34.4 Å². The molecule has 0 radical (unpaired) electrons. The molecule has 4 aromatic rings. The van der Waals surface area contributed by atoms with Crippen molar-refractivity contribution in [2.45, 2.75) is 6.55 Å². The van der Waals surface area contributed by atoms with E-state index in [-0.39, 0.29) is 16.4 Å². The van der Waals surface area contributed by atoms with Crippen LogP contribution in [0.1, 0.15) is 16.9 Å². The number of hydrogen-bond donors (Lipinski definition) is 1. The van der Waals surface area contributed by atoms with Crippen molar-refractivity contribution in [2.75, 3.05) is 5.32 Å². The van der Waals surface area contributed by atoms with Gasteiger partial charge in [0, 0.05) is 11.3 Å². The molecule has 1 amide bonds. The van der Waals surface area contributed by atoms with E-state index in [2.05, 4.69) is 10.3 Å². The lowest BCUT2D eigenvalue weighted by Crippen LogP contribution is -2.13. The Morgan fingerprint density at radius 1 is 1.00 bits per heavy atom. The zero-order chi connectivity index (χ0) is 21.4. The molecule has 0 aliphatic rings. The fraction of sp³-hybridized carbons (Fsp3) is 0.0476. The molecular formula is C21H12ClF4N3O. The van der Waals surface area contributed by atoms with Crippen LogP contribution in [-0.2, 0) is 0 Å². The first-order valence-electron chi connectivity index (χ1n) is 8.66. The minimum Gasteiger partial charge on any atom is -0.322 e. The fourth-order valence-electron chi connectivity index (χ4n) is 3.04. The number of amides is 1. The highest BCUT2D eigenvalue weighted by atomic mass is 35.5. The number of carbonyl (C=O) groups excluding carboxylic acids is 1. The van der Waals surface area contributed by atoms with Crippen LogP contribution in [0.4, 0.5) is 23.2 Å². The van der Waals surface area contributed by atoms with Crippen LogP contribution in [0.15, 0.2) is 60.7 Å². The first-order valence-corrected chi connectivity index (χ1v) is 9.04. The number of alkyl halides is 2. The molecule has 0 atom stereocenters. The molecule has 0 spiro atoms. The van der Waals surface area contributed by atoms with Gasteiger partial charge in [-0.3, -0.25) is 9.36 Å². The van der Waals surface area contributed by atoms with Crippen molar-refractivity contribution in [2.24, 2.45) is 0 Å². The number of nitrogens with zero attached hydrogens (tertiary/aromatic N) is 2. The monoisotopic (exact) mass is 433 g/mol. The molecule has 0 aliphatic carbocycles. The lowest BCUT2D eigenvalue weighted by Gasteiger charge is -2.10. The molecule has 1 aromatic heterocycles. The quantitative estimate of drug-likeness (QED) is 0.304. The van der Waals surface area contributed by atoms with E-state index in [9.17, 15) is 22.4 Å². The van der Waals surface area contributed by atoms with Crippen molar-refractivity contribution in [3.05, 3.63) is 82.9 Å². The smallest absolute Gasteiger partial charge is 0.320 e. The van der Waals surface area contributed by atoms with Gasteiger partial charge in [0.1, 0.15) is 5.82 Å². The van der Waals surface area contributed by atoms with Crippen LogP contribution in [0.5, 0.6) is 0 Å². The van der Waals surface area contributed by atoms with E-state index in [0.717, 1.165) is 4.57 Å². The van der Waals surface area contributed by atoms with Gasteiger partial charge in [-0.15, -0.1) is 0 Å². The highest BCUT2D eigenvalue weighted by molar-refractivity contribution is 6.34. The lowest BCUT2D eigenvalue weighted by atomic mass is 10.1. The maximum absolute atomic E-state index is 13.6. The van der Waals surface area contributed by atoms with E-state index in [1.807, 2.05) is 0 Å². The van der Waals surface area contributed by atoms with Gasteiger partial charge in [-0.2, -0.15) is 8.78 Å². The SMILES string of the molecule is O=C(Nc1ccc(-c2nc3ccccc3n2C(F)F)cc1)c1cc(F)c(F)cc1Cl. The van der Waals surface area contributed by atoms with E-state index in [4.69, 9.17) is 11.6 Å². The molecular weight excluding hydrogens is 422 g/mol. The predicted octanol–water partition coefficient (Wildman–Crippen LogP) is 6.28. The number of anilines is 1. The molecule has 1 N–H and O–H groups in total. The molecule has 0 aliphatic heterocycles. The standard InChI is InChI=1S/C21H12ClF4N3O/c22-14-10-16(24)15(23)9-13(14)20(30)27-12-7-5-11(6-8-12)19-28-17-3-1-2-4-18(17)29(19)21(25)26/h1-10,21H,(H,27,30). The van der Waals surface area contributed by atoms with Gasteiger partial charge in [0.2, 0.25) is 0 Å². The van der Waals surface area contributed by atoms with Crippen LogP contribution in [0.25, 0.3) is 22.4 Å². The average Bonchev–Trinajstić information content (AvgIpc) is 3.11. The number of imidazole rings is 1. The Kier molecular flexibility index (Phi) is 5.17. The molecule has 0 unspecified atom stereocenters. The fourth-order valence-corrected chi connectivity index (χ4v) is 3.28. The van der Waals surface area contributed by atoms with Crippen LogP contribution < -0.4 is 5.32 Å².